The van der Waals surface area contributed by atoms with Crippen molar-refractivity contribution in [1.82, 2.24) is 9.97 Å². The van der Waals surface area contributed by atoms with Crippen molar-refractivity contribution in [2.75, 3.05) is 6.61 Å². The van der Waals surface area contributed by atoms with Gasteiger partial charge in [-0.05, 0) is 23.8 Å². The van der Waals surface area contributed by atoms with Crippen molar-refractivity contribution in [1.29, 1.82) is 0 Å². The van der Waals surface area contributed by atoms with Gasteiger partial charge in [-0.3, -0.25) is 0 Å². The van der Waals surface area contributed by atoms with Gasteiger partial charge in [-0.2, -0.15) is 0 Å². The van der Waals surface area contributed by atoms with Gasteiger partial charge in [0.1, 0.15) is 11.6 Å². The Labute approximate surface area is 122 Å². The van der Waals surface area contributed by atoms with E-state index in [0.29, 0.717) is 18.6 Å². The largest absolute Gasteiger partial charge is 0.493 e. The van der Waals surface area contributed by atoms with Crippen LogP contribution < -0.4 is 4.74 Å². The van der Waals surface area contributed by atoms with Gasteiger partial charge < -0.3 is 9.72 Å². The Bertz CT molecular complexity index is 710. The van der Waals surface area contributed by atoms with Crippen molar-refractivity contribution in [3.63, 3.8) is 0 Å². The highest BCUT2D eigenvalue weighted by molar-refractivity contribution is 5.66. The quantitative estimate of drug-likeness (QED) is 0.772. The lowest BCUT2D eigenvalue weighted by Crippen LogP contribution is -2.03. The van der Waals surface area contributed by atoms with Crippen LogP contribution in [0.5, 0.6) is 5.75 Å². The van der Waals surface area contributed by atoms with E-state index in [1.807, 2.05) is 30.3 Å². The number of aromatic nitrogens is 2. The Kier molecular flexibility index (Phi) is 3.96. The number of halogens is 1. The Morgan fingerprint density at radius 2 is 1.86 bits per heavy atom. The van der Waals surface area contributed by atoms with Gasteiger partial charge in [0.2, 0.25) is 0 Å². The van der Waals surface area contributed by atoms with Crippen molar-refractivity contribution < 1.29 is 9.13 Å². The van der Waals surface area contributed by atoms with Gasteiger partial charge in [0.25, 0.3) is 0 Å². The normalized spacial score (nSPS) is 10.5. The number of hydrogen-bond donors (Lipinski definition) is 1. The van der Waals surface area contributed by atoms with Crippen molar-refractivity contribution in [2.45, 2.75) is 6.42 Å². The van der Waals surface area contributed by atoms with Crippen molar-refractivity contribution >= 4 is 0 Å². The third kappa shape index (κ3) is 3.11. The molecule has 2 aromatic carbocycles. The molecule has 3 nitrogen and oxygen atoms in total. The molecule has 0 aliphatic heterocycles. The average molecular weight is 282 g/mol. The number of H-pyrrole nitrogens is 1. The van der Waals surface area contributed by atoms with Crippen molar-refractivity contribution in [3.05, 3.63) is 72.4 Å². The van der Waals surface area contributed by atoms with Crippen LogP contribution in [-0.4, -0.2) is 16.6 Å². The molecule has 0 spiro atoms. The molecule has 106 valence electrons. The second-order valence-electron chi connectivity index (χ2n) is 4.65. The summed E-state index contributed by atoms with van der Waals surface area (Å²) in [6.45, 7) is 0.423. The Hall–Kier alpha value is -2.62. The van der Waals surface area contributed by atoms with E-state index in [4.69, 9.17) is 4.74 Å². The van der Waals surface area contributed by atoms with Crippen LogP contribution in [0.1, 0.15) is 5.56 Å². The van der Waals surface area contributed by atoms with E-state index >= 15 is 0 Å². The highest BCUT2D eigenvalue weighted by Crippen LogP contribution is 2.27. The number of nitrogens with one attached hydrogen (secondary N) is 1. The lowest BCUT2D eigenvalue weighted by molar-refractivity contribution is 0.321. The van der Waals surface area contributed by atoms with Gasteiger partial charge in [0, 0.05) is 12.0 Å². The predicted molar refractivity (Wildman–Crippen MR) is 79.6 cm³/mol. The number of imidazole rings is 1. The zero-order chi connectivity index (χ0) is 14.5. The third-order valence-electron chi connectivity index (χ3n) is 3.26. The summed E-state index contributed by atoms with van der Waals surface area (Å²) in [5.74, 6) is 0.570. The lowest BCUT2D eigenvalue weighted by atomic mass is 10.1. The summed E-state index contributed by atoms with van der Waals surface area (Å²) in [7, 11) is 0. The molecule has 3 aromatic rings. The predicted octanol–water partition coefficient (Wildman–Crippen LogP) is 3.84. The van der Waals surface area contributed by atoms with Crippen LogP contribution in [0.25, 0.3) is 11.3 Å². The molecule has 0 saturated carbocycles. The Balaban J connectivity index is 1.70. The van der Waals surface area contributed by atoms with Crippen LogP contribution in [0.15, 0.2) is 61.1 Å². The van der Waals surface area contributed by atoms with Crippen LogP contribution >= 0.6 is 0 Å². The molecule has 0 radical (unpaired) electrons. The number of nitrogens with zero attached hydrogens (tertiary/aromatic N) is 1. The smallest absolute Gasteiger partial charge is 0.128 e. The number of rotatable bonds is 5. The molecule has 1 heterocycles. The maximum absolute atomic E-state index is 13.5. The molecular weight excluding hydrogens is 267 g/mol. The summed E-state index contributed by atoms with van der Waals surface area (Å²) in [6.07, 6.45) is 3.91. The summed E-state index contributed by atoms with van der Waals surface area (Å²) in [6, 6.07) is 14.5. The van der Waals surface area contributed by atoms with Crippen LogP contribution in [0.3, 0.4) is 0 Å². The molecule has 1 N–H and O–H groups in total. The molecule has 0 atom stereocenters. The average Bonchev–Trinajstić information content (AvgIpc) is 3.04. The molecule has 0 aliphatic carbocycles. The van der Waals surface area contributed by atoms with Gasteiger partial charge in [0.15, 0.2) is 0 Å². The summed E-state index contributed by atoms with van der Waals surface area (Å²) in [5, 5.41) is 0. The fourth-order valence-electron chi connectivity index (χ4n) is 2.19. The number of para-hydroxylation sites is 1. The maximum Gasteiger partial charge on any atom is 0.128 e. The minimum absolute atomic E-state index is 0.192. The molecule has 21 heavy (non-hydrogen) atoms. The van der Waals surface area contributed by atoms with Crippen LogP contribution in [0.4, 0.5) is 4.39 Å². The molecule has 0 bridgehead atoms. The monoisotopic (exact) mass is 282 g/mol. The molecular formula is C17H15FN2O. The fraction of sp³-hybridized carbons (Fsp3) is 0.118. The summed E-state index contributed by atoms with van der Waals surface area (Å²) in [4.78, 5) is 7.08. The van der Waals surface area contributed by atoms with E-state index < -0.39 is 0 Å². The SMILES string of the molecule is Fc1ccccc1CCOc1ccccc1-c1cnc[nH]1. The third-order valence-corrected chi connectivity index (χ3v) is 3.26. The topological polar surface area (TPSA) is 37.9 Å². The second kappa shape index (κ2) is 6.22. The van der Waals surface area contributed by atoms with Gasteiger partial charge >= 0.3 is 0 Å². The molecule has 1 aromatic heterocycles. The van der Waals surface area contributed by atoms with Crippen LogP contribution in [0, 0.1) is 5.82 Å². The highest BCUT2D eigenvalue weighted by Gasteiger charge is 2.07. The van der Waals surface area contributed by atoms with E-state index in [1.54, 1.807) is 24.7 Å². The standard InChI is InChI=1S/C17H15FN2O/c18-15-7-3-1-5-13(15)9-10-21-17-8-4-2-6-14(17)16-11-19-12-20-16/h1-8,11-12H,9-10H2,(H,19,20). The van der Waals surface area contributed by atoms with E-state index in [1.165, 1.54) is 6.07 Å². The zero-order valence-electron chi connectivity index (χ0n) is 11.4. The first kappa shape index (κ1) is 13.4. The van der Waals surface area contributed by atoms with E-state index in [2.05, 4.69) is 9.97 Å². The fourth-order valence-corrected chi connectivity index (χ4v) is 2.19. The molecule has 0 unspecified atom stereocenters. The maximum atomic E-state index is 13.5. The van der Waals surface area contributed by atoms with Gasteiger partial charge in [-0.15, -0.1) is 0 Å². The van der Waals surface area contributed by atoms with E-state index in [-0.39, 0.29) is 5.82 Å². The molecule has 4 heteroatoms. The van der Waals surface area contributed by atoms with Gasteiger partial charge in [-0.25, -0.2) is 9.37 Å². The minimum atomic E-state index is -0.192. The first-order chi connectivity index (χ1) is 10.3. The molecule has 0 amide bonds. The Morgan fingerprint density at radius 1 is 1.05 bits per heavy atom. The molecule has 0 saturated heterocycles. The number of benzene rings is 2. The number of hydrogen-bond acceptors (Lipinski definition) is 2. The van der Waals surface area contributed by atoms with Crippen molar-refractivity contribution in [2.24, 2.45) is 0 Å². The lowest BCUT2D eigenvalue weighted by Gasteiger charge is -2.10. The molecule has 3 rings (SSSR count). The molecule has 0 fully saturated rings. The first-order valence-electron chi connectivity index (χ1n) is 6.78. The van der Waals surface area contributed by atoms with E-state index in [0.717, 1.165) is 17.0 Å². The Morgan fingerprint density at radius 3 is 2.67 bits per heavy atom. The number of ether oxygens (including phenoxy) is 1. The first-order valence-corrected chi connectivity index (χ1v) is 6.78. The van der Waals surface area contributed by atoms with Crippen LogP contribution in [-0.2, 0) is 6.42 Å². The highest BCUT2D eigenvalue weighted by atomic mass is 19.1. The summed E-state index contributed by atoms with van der Waals surface area (Å²) in [5.41, 5.74) is 2.51. The van der Waals surface area contributed by atoms with Gasteiger partial charge in [0.05, 0.1) is 24.8 Å². The number of aromatic amines is 1. The molecule has 0 aliphatic rings. The van der Waals surface area contributed by atoms with Crippen molar-refractivity contribution in [3.8, 4) is 17.0 Å². The summed E-state index contributed by atoms with van der Waals surface area (Å²) >= 11 is 0. The summed E-state index contributed by atoms with van der Waals surface area (Å²) < 4.78 is 19.4. The zero-order valence-corrected chi connectivity index (χ0v) is 11.4. The minimum Gasteiger partial charge on any atom is -0.493 e. The van der Waals surface area contributed by atoms with E-state index in [9.17, 15) is 4.39 Å². The van der Waals surface area contributed by atoms with Crippen LogP contribution in [0.2, 0.25) is 0 Å². The second-order valence-corrected chi connectivity index (χ2v) is 4.65. The van der Waals surface area contributed by atoms with Gasteiger partial charge in [-0.1, -0.05) is 30.3 Å².